The van der Waals surface area contributed by atoms with Crippen molar-refractivity contribution in [2.75, 3.05) is 0 Å². The first-order chi connectivity index (χ1) is 23.3. The highest BCUT2D eigenvalue weighted by Gasteiger charge is 2.17. The fourth-order valence-electron chi connectivity index (χ4n) is 6.54. The Balaban J connectivity index is 1.23. The van der Waals surface area contributed by atoms with Crippen molar-refractivity contribution in [2.45, 2.75) is 0 Å². The number of hydrogen-bond acceptors (Lipinski definition) is 4. The van der Waals surface area contributed by atoms with E-state index in [9.17, 15) is 0 Å². The predicted molar refractivity (Wildman–Crippen MR) is 191 cm³/mol. The maximum atomic E-state index is 5.03. The molecule has 0 radical (unpaired) electrons. The number of pyridine rings is 4. The van der Waals surface area contributed by atoms with Gasteiger partial charge in [-0.25, -0.2) is 9.97 Å². The first-order valence-electron chi connectivity index (χ1n) is 15.6. The minimum atomic E-state index is 0.904. The highest BCUT2D eigenvalue weighted by atomic mass is 15.0. The van der Waals surface area contributed by atoms with Crippen LogP contribution in [0, 0.1) is 0 Å². The Kier molecular flexibility index (Phi) is 6.39. The Morgan fingerprint density at radius 3 is 1.60 bits per heavy atom. The summed E-state index contributed by atoms with van der Waals surface area (Å²) in [7, 11) is 0. The Morgan fingerprint density at radius 2 is 0.979 bits per heavy atom. The van der Waals surface area contributed by atoms with Gasteiger partial charge in [0, 0.05) is 68.9 Å². The first-order valence-corrected chi connectivity index (χ1v) is 15.6. The molecule has 9 aromatic rings. The van der Waals surface area contributed by atoms with Crippen molar-refractivity contribution in [3.63, 3.8) is 0 Å². The summed E-state index contributed by atoms with van der Waals surface area (Å²) in [5, 5.41) is 4.76. The van der Waals surface area contributed by atoms with Gasteiger partial charge in [-0.15, -0.1) is 0 Å². The summed E-state index contributed by atoms with van der Waals surface area (Å²) in [5.74, 6) is 0. The largest absolute Gasteiger partial charge is 0.309 e. The molecule has 0 aliphatic heterocycles. The van der Waals surface area contributed by atoms with E-state index in [4.69, 9.17) is 9.97 Å². The van der Waals surface area contributed by atoms with Gasteiger partial charge in [-0.05, 0) is 78.2 Å². The van der Waals surface area contributed by atoms with Gasteiger partial charge in [-0.2, -0.15) is 0 Å². The predicted octanol–water partition coefficient (Wildman–Crippen LogP) is 10.2. The van der Waals surface area contributed by atoms with E-state index in [0.29, 0.717) is 0 Å². The molecule has 5 aromatic heterocycles. The van der Waals surface area contributed by atoms with Gasteiger partial charge in [-0.1, -0.05) is 66.7 Å². The molecule has 0 N–H and O–H groups in total. The number of para-hydroxylation sites is 1. The fraction of sp³-hybridized carbons (Fsp3) is 0. The maximum absolute atomic E-state index is 5.03. The second-order valence-corrected chi connectivity index (χ2v) is 11.6. The summed E-state index contributed by atoms with van der Waals surface area (Å²) in [5.41, 5.74) is 11.2. The summed E-state index contributed by atoms with van der Waals surface area (Å²) >= 11 is 0. The molecule has 5 heteroatoms. The molecular weight excluding hydrogens is 574 g/mol. The quantitative estimate of drug-likeness (QED) is 0.197. The van der Waals surface area contributed by atoms with Crippen LogP contribution in [0.25, 0.3) is 83.3 Å². The third-order valence-corrected chi connectivity index (χ3v) is 8.76. The third kappa shape index (κ3) is 4.73. The molecule has 47 heavy (non-hydrogen) atoms. The summed E-state index contributed by atoms with van der Waals surface area (Å²) < 4.78 is 2.39. The highest BCUT2D eigenvalue weighted by molar-refractivity contribution is 6.19. The van der Waals surface area contributed by atoms with Crippen LogP contribution in [0.4, 0.5) is 0 Å². The molecule has 4 aromatic carbocycles. The van der Waals surface area contributed by atoms with Crippen molar-refractivity contribution >= 4 is 32.6 Å². The Morgan fingerprint density at radius 1 is 0.404 bits per heavy atom. The average Bonchev–Trinajstić information content (AvgIpc) is 3.50. The topological polar surface area (TPSA) is 56.5 Å². The summed E-state index contributed by atoms with van der Waals surface area (Å²) in [6.45, 7) is 0. The molecule has 0 saturated heterocycles. The van der Waals surface area contributed by atoms with E-state index in [1.165, 1.54) is 21.7 Å². The Bertz CT molecular complexity index is 2560. The highest BCUT2D eigenvalue weighted by Crippen LogP contribution is 2.39. The van der Waals surface area contributed by atoms with E-state index in [-0.39, 0.29) is 0 Å². The molecular formula is C42H27N5. The molecule has 220 valence electrons. The third-order valence-electron chi connectivity index (χ3n) is 8.76. The van der Waals surface area contributed by atoms with Crippen molar-refractivity contribution in [1.29, 1.82) is 0 Å². The van der Waals surface area contributed by atoms with Gasteiger partial charge in [-0.3, -0.25) is 9.97 Å². The standard InChI is InChI=1S/C42H27N5/c1-2-10-33(11-3-1)47-41-25-30(38-13-5-15-40(46-38)32-9-7-23-44-27-32)18-20-35(41)36-21-16-28-24-29(17-19-34(28)42(36)47)37-12-4-14-39(45-37)31-8-6-22-43-26-31/h1-27H. The molecule has 5 heterocycles. The van der Waals surface area contributed by atoms with E-state index in [0.717, 1.165) is 61.6 Å². The van der Waals surface area contributed by atoms with Gasteiger partial charge in [0.1, 0.15) is 0 Å². The molecule has 0 aliphatic rings. The summed E-state index contributed by atoms with van der Waals surface area (Å²) in [6.07, 6.45) is 7.27. The number of nitrogens with zero attached hydrogens (tertiary/aromatic N) is 5. The van der Waals surface area contributed by atoms with Gasteiger partial charge in [0.25, 0.3) is 0 Å². The molecule has 0 saturated carbocycles. The molecule has 0 unspecified atom stereocenters. The second-order valence-electron chi connectivity index (χ2n) is 11.6. The van der Waals surface area contributed by atoms with Crippen molar-refractivity contribution in [1.82, 2.24) is 24.5 Å². The summed E-state index contributed by atoms with van der Waals surface area (Å²) in [4.78, 5) is 18.6. The molecule has 9 rings (SSSR count). The van der Waals surface area contributed by atoms with Crippen LogP contribution in [-0.2, 0) is 0 Å². The maximum Gasteiger partial charge on any atom is 0.0725 e. The van der Waals surface area contributed by atoms with Gasteiger partial charge in [0.15, 0.2) is 0 Å². The lowest BCUT2D eigenvalue weighted by Crippen LogP contribution is -1.95. The van der Waals surface area contributed by atoms with Gasteiger partial charge >= 0.3 is 0 Å². The summed E-state index contributed by atoms with van der Waals surface area (Å²) in [6, 6.07) is 48.7. The number of aromatic nitrogens is 5. The average molecular weight is 602 g/mol. The smallest absolute Gasteiger partial charge is 0.0725 e. The van der Waals surface area contributed by atoms with Crippen LogP contribution in [0.2, 0.25) is 0 Å². The number of hydrogen-bond donors (Lipinski definition) is 0. The Labute approximate surface area is 271 Å². The molecule has 0 atom stereocenters. The zero-order valence-corrected chi connectivity index (χ0v) is 25.3. The number of fused-ring (bicyclic) bond motifs is 5. The molecule has 5 nitrogen and oxygen atoms in total. The molecule has 0 fully saturated rings. The minimum Gasteiger partial charge on any atom is -0.309 e. The molecule has 0 bridgehead atoms. The number of benzene rings is 4. The van der Waals surface area contributed by atoms with E-state index < -0.39 is 0 Å². The zero-order chi connectivity index (χ0) is 31.2. The van der Waals surface area contributed by atoms with Gasteiger partial charge in [0.05, 0.1) is 33.8 Å². The monoisotopic (exact) mass is 601 g/mol. The van der Waals surface area contributed by atoms with E-state index >= 15 is 0 Å². The van der Waals surface area contributed by atoms with Crippen LogP contribution >= 0.6 is 0 Å². The zero-order valence-electron chi connectivity index (χ0n) is 25.3. The van der Waals surface area contributed by atoms with Crippen LogP contribution in [-0.4, -0.2) is 24.5 Å². The van der Waals surface area contributed by atoms with Crippen LogP contribution < -0.4 is 0 Å². The van der Waals surface area contributed by atoms with E-state index in [1.54, 1.807) is 12.4 Å². The molecule has 0 amide bonds. The minimum absolute atomic E-state index is 0.904. The Hall–Kier alpha value is -6.46. The SMILES string of the molecule is c1ccc(-n2c3cc(-c4cccc(-c5cccnc5)n4)ccc3c3ccc4cc(-c5cccc(-c6cccnc6)n5)ccc4c32)cc1. The van der Waals surface area contributed by atoms with Crippen molar-refractivity contribution in [3.05, 3.63) is 164 Å². The van der Waals surface area contributed by atoms with Gasteiger partial charge < -0.3 is 4.57 Å². The van der Waals surface area contributed by atoms with E-state index in [1.807, 2.05) is 48.8 Å². The van der Waals surface area contributed by atoms with Crippen molar-refractivity contribution < 1.29 is 0 Å². The first kappa shape index (κ1) is 26.9. The molecule has 0 aliphatic carbocycles. The van der Waals surface area contributed by atoms with Crippen molar-refractivity contribution in [3.8, 4) is 50.7 Å². The van der Waals surface area contributed by atoms with Crippen molar-refractivity contribution in [2.24, 2.45) is 0 Å². The normalized spacial score (nSPS) is 11.4. The van der Waals surface area contributed by atoms with Crippen LogP contribution in [0.5, 0.6) is 0 Å². The lowest BCUT2D eigenvalue weighted by Gasteiger charge is -2.11. The van der Waals surface area contributed by atoms with Crippen LogP contribution in [0.15, 0.2) is 164 Å². The number of rotatable bonds is 5. The second kappa shape index (κ2) is 11.2. The van der Waals surface area contributed by atoms with Crippen LogP contribution in [0.1, 0.15) is 0 Å². The van der Waals surface area contributed by atoms with E-state index in [2.05, 4.69) is 118 Å². The fourth-order valence-corrected chi connectivity index (χ4v) is 6.54. The lowest BCUT2D eigenvalue weighted by atomic mass is 10.0. The van der Waals surface area contributed by atoms with Crippen LogP contribution in [0.3, 0.4) is 0 Å². The molecule has 0 spiro atoms. The van der Waals surface area contributed by atoms with Gasteiger partial charge in [0.2, 0.25) is 0 Å². The lowest BCUT2D eigenvalue weighted by molar-refractivity contribution is 1.19.